The average molecular weight is 1410 g/mol. The van der Waals surface area contributed by atoms with Gasteiger partial charge in [-0.2, -0.15) is 0 Å². The first-order valence-electron chi connectivity index (χ1n) is 37.9. The van der Waals surface area contributed by atoms with Crippen LogP contribution in [0.5, 0.6) is 0 Å². The number of esters is 3. The summed E-state index contributed by atoms with van der Waals surface area (Å²) in [6.07, 6.45) is 10.0. The van der Waals surface area contributed by atoms with E-state index in [1.807, 2.05) is 0 Å². The second kappa shape index (κ2) is 53.5. The number of hydrogen-bond donors (Lipinski definition) is 11. The van der Waals surface area contributed by atoms with E-state index in [1.165, 1.54) is 128 Å². The van der Waals surface area contributed by atoms with Gasteiger partial charge >= 0.3 is 25.7 Å². The van der Waals surface area contributed by atoms with Crippen molar-refractivity contribution in [3.05, 3.63) is 12.2 Å². The van der Waals surface area contributed by atoms with Crippen molar-refractivity contribution in [3.8, 4) is 0 Å². The van der Waals surface area contributed by atoms with Crippen molar-refractivity contribution < 1.29 is 117 Å². The van der Waals surface area contributed by atoms with Gasteiger partial charge in [0.2, 0.25) is 0 Å². The van der Waals surface area contributed by atoms with Crippen molar-refractivity contribution >= 4 is 25.7 Å². The van der Waals surface area contributed by atoms with Crippen LogP contribution in [0.4, 0.5) is 0 Å². The van der Waals surface area contributed by atoms with Gasteiger partial charge in [0.25, 0.3) is 0 Å². The number of unbranched alkanes of at least 4 members (excludes halogenated alkanes) is 31. The molecule has 19 unspecified atom stereocenters. The summed E-state index contributed by atoms with van der Waals surface area (Å²) in [7, 11) is -5.70. The molecule has 1 aliphatic carbocycles. The number of aliphatic hydroxyl groups is 10. The molecule has 570 valence electrons. The van der Waals surface area contributed by atoms with E-state index in [1.54, 1.807) is 0 Å². The molecule has 0 bridgehead atoms. The van der Waals surface area contributed by atoms with Gasteiger partial charge in [-0.1, -0.05) is 239 Å². The molecule has 0 spiro atoms. The molecule has 0 aromatic carbocycles. The zero-order valence-corrected chi connectivity index (χ0v) is 60.4. The lowest BCUT2D eigenvalue weighted by molar-refractivity contribution is -0.360. The summed E-state index contributed by atoms with van der Waals surface area (Å²) < 4.78 is 65.0. The van der Waals surface area contributed by atoms with Crippen LogP contribution in [0.25, 0.3) is 0 Å². The molecule has 0 aromatic rings. The highest BCUT2D eigenvalue weighted by atomic mass is 31.2. The fourth-order valence-electron chi connectivity index (χ4n) is 12.6. The Kier molecular flexibility index (Phi) is 49.0. The molecule has 11 N–H and O–H groups in total. The number of rotatable bonds is 58. The molecule has 1 saturated carbocycles. The van der Waals surface area contributed by atoms with Gasteiger partial charge in [0.1, 0.15) is 98.7 Å². The number of carbonyl (C=O) groups excluding carboxylic acids is 3. The summed E-state index contributed by atoms with van der Waals surface area (Å²) in [5.41, 5.74) is 0. The summed E-state index contributed by atoms with van der Waals surface area (Å²) >= 11 is 0. The first-order chi connectivity index (χ1) is 46.7. The molecule has 19 atom stereocenters. The molecular weight excluding hydrogens is 1280 g/mol. The smallest absolute Gasteiger partial charge is 0.463 e. The van der Waals surface area contributed by atoms with E-state index in [0.29, 0.717) is 25.2 Å². The van der Waals surface area contributed by atoms with Crippen molar-refractivity contribution in [2.24, 2.45) is 5.92 Å². The van der Waals surface area contributed by atoms with Gasteiger partial charge in [0.15, 0.2) is 18.7 Å². The van der Waals surface area contributed by atoms with Crippen LogP contribution >= 0.6 is 7.82 Å². The lowest BCUT2D eigenvalue weighted by Crippen LogP contribution is -2.69. The second-order valence-corrected chi connectivity index (χ2v) is 29.0. The van der Waals surface area contributed by atoms with Crippen molar-refractivity contribution in [1.82, 2.24) is 0 Å². The first kappa shape index (κ1) is 88.9. The summed E-state index contributed by atoms with van der Waals surface area (Å²) in [5, 5.41) is 110. The predicted octanol–water partition coefficient (Wildman–Crippen LogP) is 10.2. The summed E-state index contributed by atoms with van der Waals surface area (Å²) in [6.45, 7) is 5.75. The minimum Gasteiger partial charge on any atom is -0.463 e. The van der Waals surface area contributed by atoms with Crippen molar-refractivity contribution in [2.45, 2.75) is 395 Å². The van der Waals surface area contributed by atoms with Gasteiger partial charge in [0, 0.05) is 19.3 Å². The first-order valence-corrected chi connectivity index (χ1v) is 39.4. The van der Waals surface area contributed by atoms with E-state index < -0.39 is 156 Å². The SMILES string of the molecule is CCCCCCCC/C=C\CCCCCC(=O)OCC1OC(OC2C(O)C(O)C(O)C(OC3OC(CO)C(O)C(O)C3O)C2OP(=O)(O)OCC(COC(=O)CCCCCCCCCCCCCCC)OC(=O)CCCCCCCCC(C)CCCCCCCC)C(O)C(O)C1O. The topological polar surface area (TPSA) is 374 Å². The van der Waals surface area contributed by atoms with E-state index in [0.717, 1.165) is 96.3 Å². The molecule has 25 heteroatoms. The maximum Gasteiger partial charge on any atom is 0.472 e. The number of carbonyl (C=O) groups is 3. The number of hydrogen-bond acceptors (Lipinski definition) is 23. The van der Waals surface area contributed by atoms with Gasteiger partial charge in [-0.25, -0.2) is 4.57 Å². The minimum atomic E-state index is -5.70. The molecule has 97 heavy (non-hydrogen) atoms. The fraction of sp³-hybridized carbons (Fsp3) is 0.931. The van der Waals surface area contributed by atoms with E-state index in [2.05, 4.69) is 39.8 Å². The van der Waals surface area contributed by atoms with E-state index in [4.69, 9.17) is 42.2 Å². The van der Waals surface area contributed by atoms with E-state index in [9.17, 15) is 74.9 Å². The highest BCUT2D eigenvalue weighted by Gasteiger charge is 2.58. The molecule has 2 aliphatic heterocycles. The number of allylic oxidation sites excluding steroid dienone is 2. The molecule has 0 aromatic heterocycles. The molecular formula is C72H133O24P. The Hall–Kier alpha value is -2.30. The lowest BCUT2D eigenvalue weighted by Gasteiger charge is -2.49. The highest BCUT2D eigenvalue weighted by Crippen LogP contribution is 2.49. The Labute approximate surface area is 580 Å². The number of aliphatic hydroxyl groups excluding tert-OH is 10. The van der Waals surface area contributed by atoms with Gasteiger partial charge in [0.05, 0.1) is 13.2 Å². The molecule has 0 radical (unpaired) electrons. The molecule has 2 heterocycles. The third kappa shape index (κ3) is 37.1. The Morgan fingerprint density at radius 3 is 1.23 bits per heavy atom. The highest BCUT2D eigenvalue weighted by molar-refractivity contribution is 7.47. The largest absolute Gasteiger partial charge is 0.472 e. The van der Waals surface area contributed by atoms with Crippen LogP contribution in [0.2, 0.25) is 0 Å². The average Bonchev–Trinajstić information content (AvgIpc) is 0.765. The maximum absolute atomic E-state index is 14.3. The molecule has 0 amide bonds. The maximum atomic E-state index is 14.3. The molecule has 24 nitrogen and oxygen atoms in total. The Morgan fingerprint density at radius 2 is 0.784 bits per heavy atom. The number of phosphoric acid groups is 1. The summed E-state index contributed by atoms with van der Waals surface area (Å²) in [6, 6.07) is 0. The molecule has 3 aliphatic rings. The van der Waals surface area contributed by atoms with E-state index >= 15 is 0 Å². The van der Waals surface area contributed by atoms with Crippen LogP contribution in [0, 0.1) is 5.92 Å². The molecule has 3 fully saturated rings. The van der Waals surface area contributed by atoms with Crippen LogP contribution in [0.1, 0.15) is 291 Å². The van der Waals surface area contributed by atoms with Gasteiger partial charge in [-0.15, -0.1) is 0 Å². The van der Waals surface area contributed by atoms with Crippen molar-refractivity contribution in [2.75, 3.05) is 26.4 Å². The van der Waals surface area contributed by atoms with Crippen LogP contribution in [0.15, 0.2) is 12.2 Å². The zero-order valence-electron chi connectivity index (χ0n) is 59.5. The summed E-state index contributed by atoms with van der Waals surface area (Å²) in [5.74, 6) is -1.32. The van der Waals surface area contributed by atoms with Gasteiger partial charge in [-0.3, -0.25) is 23.4 Å². The number of ether oxygens (including phenoxy) is 7. The van der Waals surface area contributed by atoms with Gasteiger partial charge in [-0.05, 0) is 50.9 Å². The van der Waals surface area contributed by atoms with Gasteiger partial charge < -0.3 is 89.1 Å². The number of phosphoric ester groups is 1. The third-order valence-corrected chi connectivity index (χ3v) is 19.9. The standard InChI is InChI=1S/C72H133O24P/c1-5-8-11-14-17-19-21-23-25-27-29-35-40-45-56(74)88-49-53(91-58(76)47-42-37-32-31-34-39-44-52(4)43-38-33-16-13-10-7-3)50-90-97(86,87)96-70-68(94-71-66(84)61(79)59(77)54(48-73)92-71)64(82)63(81)65(83)69(70)95-72-67(85)62(80)60(78)55(93-72)51-89-57(75)46-41-36-30-28-26-24-22-20-18-15-12-9-6-2/h24,26,52-55,59-73,77-85H,5-23,25,27-51H2,1-4H3,(H,86,87)/b26-24-. The third-order valence-electron chi connectivity index (χ3n) is 18.9. The molecule has 3 rings (SSSR count). The second-order valence-electron chi connectivity index (χ2n) is 27.6. The Balaban J connectivity index is 1.75. The predicted molar refractivity (Wildman–Crippen MR) is 365 cm³/mol. The van der Waals surface area contributed by atoms with Crippen LogP contribution < -0.4 is 0 Å². The zero-order chi connectivity index (χ0) is 71.2. The van der Waals surface area contributed by atoms with Crippen LogP contribution in [-0.2, 0) is 61.2 Å². The minimum absolute atomic E-state index is 0.00893. The van der Waals surface area contributed by atoms with Crippen LogP contribution in [-0.4, -0.2) is 204 Å². The van der Waals surface area contributed by atoms with Crippen molar-refractivity contribution in [1.29, 1.82) is 0 Å². The van der Waals surface area contributed by atoms with Crippen molar-refractivity contribution in [3.63, 3.8) is 0 Å². The quantitative estimate of drug-likeness (QED) is 0.00886. The summed E-state index contributed by atoms with van der Waals surface area (Å²) in [4.78, 5) is 51.0. The Morgan fingerprint density at radius 1 is 0.423 bits per heavy atom. The van der Waals surface area contributed by atoms with Crippen LogP contribution in [0.3, 0.4) is 0 Å². The molecule has 2 saturated heterocycles. The fourth-order valence-corrected chi connectivity index (χ4v) is 13.6. The lowest BCUT2D eigenvalue weighted by atomic mass is 9.84. The Bertz CT molecular complexity index is 2080. The normalized spacial score (nSPS) is 28.2. The monoisotopic (exact) mass is 1410 g/mol. The van der Waals surface area contributed by atoms with E-state index in [-0.39, 0.29) is 19.3 Å².